The van der Waals surface area contributed by atoms with Gasteiger partial charge in [0.2, 0.25) is 0 Å². The first-order chi connectivity index (χ1) is 20.4. The summed E-state index contributed by atoms with van der Waals surface area (Å²) >= 11 is 0. The van der Waals surface area contributed by atoms with E-state index in [9.17, 15) is 14.4 Å². The highest BCUT2D eigenvalue weighted by Crippen LogP contribution is 2.32. The van der Waals surface area contributed by atoms with Crippen LogP contribution in [-0.2, 0) is 23.9 Å². The first-order valence-corrected chi connectivity index (χ1v) is 17.7. The number of carbonyl (C=O) groups is 3. The van der Waals surface area contributed by atoms with Crippen LogP contribution in [0, 0.1) is 0 Å². The maximum absolute atomic E-state index is 12.9. The highest BCUT2D eigenvalue weighted by atomic mass is 16.6. The summed E-state index contributed by atoms with van der Waals surface area (Å²) in [5, 5.41) is 8.69. The van der Waals surface area contributed by atoms with Crippen LogP contribution in [0.4, 0.5) is 0 Å². The van der Waals surface area contributed by atoms with Crippen LogP contribution in [0.2, 0.25) is 0 Å². The average Bonchev–Trinajstić information content (AvgIpc) is 2.96. The van der Waals surface area contributed by atoms with Crippen molar-refractivity contribution in [2.45, 2.75) is 193 Å². The molecule has 42 heavy (non-hydrogen) atoms. The van der Waals surface area contributed by atoms with Crippen LogP contribution in [0.1, 0.15) is 187 Å². The van der Waals surface area contributed by atoms with Crippen LogP contribution >= 0.6 is 0 Å². The molecule has 0 aromatic carbocycles. The van der Waals surface area contributed by atoms with E-state index in [0.717, 1.165) is 69.8 Å². The molecule has 1 atom stereocenters. The Bertz CT molecular complexity index is 745. The molecule has 0 amide bonds. The zero-order valence-electron chi connectivity index (χ0n) is 27.4. The van der Waals surface area contributed by atoms with Gasteiger partial charge in [-0.3, -0.25) is 9.59 Å². The number of hydrogen-bond acceptors (Lipinski definition) is 5. The van der Waals surface area contributed by atoms with Crippen molar-refractivity contribution in [2.24, 2.45) is 0 Å². The van der Waals surface area contributed by atoms with Gasteiger partial charge in [0.15, 0.2) is 0 Å². The van der Waals surface area contributed by atoms with Crippen molar-refractivity contribution in [1.82, 2.24) is 0 Å². The van der Waals surface area contributed by atoms with E-state index in [1.807, 2.05) is 6.08 Å². The number of rotatable bonds is 29. The fourth-order valence-corrected chi connectivity index (χ4v) is 5.92. The molecule has 0 saturated heterocycles. The first kappa shape index (κ1) is 38.2. The van der Waals surface area contributed by atoms with Gasteiger partial charge in [-0.25, -0.2) is 4.79 Å². The molecule has 1 unspecified atom stereocenters. The van der Waals surface area contributed by atoms with Gasteiger partial charge in [-0.05, 0) is 32.1 Å². The molecule has 0 aromatic heterocycles. The number of esters is 2. The summed E-state index contributed by atoms with van der Waals surface area (Å²) in [6.45, 7) is 3.80. The van der Waals surface area contributed by atoms with Crippen LogP contribution in [0.5, 0.6) is 0 Å². The molecule has 1 N–H and O–H groups in total. The van der Waals surface area contributed by atoms with E-state index in [4.69, 9.17) is 14.6 Å². The quantitative estimate of drug-likeness (QED) is 0.0686. The van der Waals surface area contributed by atoms with Crippen LogP contribution in [0.3, 0.4) is 0 Å². The molecule has 0 aromatic rings. The van der Waals surface area contributed by atoms with Gasteiger partial charge in [0, 0.05) is 25.3 Å². The van der Waals surface area contributed by atoms with Gasteiger partial charge in [-0.1, -0.05) is 141 Å². The lowest BCUT2D eigenvalue weighted by molar-refractivity contribution is -0.171. The maximum Gasteiger partial charge on any atom is 0.334 e. The standard InChI is InChI=1S/C36H64O6/c1-3-4-5-6-7-8-9-10-11-12-14-17-20-23-26-33-28-30-36(42-35(33)40,31-41-32(2)37)29-25-22-19-16-13-15-18-21-24-27-34(38)39/h28H,3-27,29-31H2,1-2H3,(H,38,39). The van der Waals surface area contributed by atoms with E-state index in [1.54, 1.807) is 0 Å². The van der Waals surface area contributed by atoms with Gasteiger partial charge >= 0.3 is 17.9 Å². The van der Waals surface area contributed by atoms with E-state index >= 15 is 0 Å². The van der Waals surface area contributed by atoms with Crippen molar-refractivity contribution in [1.29, 1.82) is 0 Å². The van der Waals surface area contributed by atoms with Crippen molar-refractivity contribution < 1.29 is 29.0 Å². The summed E-state index contributed by atoms with van der Waals surface area (Å²) < 4.78 is 11.3. The third-order valence-corrected chi connectivity index (χ3v) is 8.65. The largest absolute Gasteiger partial charge is 0.481 e. The minimum atomic E-state index is -0.730. The van der Waals surface area contributed by atoms with Crippen molar-refractivity contribution in [3.05, 3.63) is 11.6 Å². The topological polar surface area (TPSA) is 89.9 Å². The molecular weight excluding hydrogens is 528 g/mol. The lowest BCUT2D eigenvalue weighted by Gasteiger charge is -2.35. The summed E-state index contributed by atoms with van der Waals surface area (Å²) in [6.07, 6.45) is 32.4. The molecule has 1 aliphatic rings. The lowest BCUT2D eigenvalue weighted by atomic mass is 9.88. The maximum atomic E-state index is 12.9. The number of hydrogen-bond donors (Lipinski definition) is 1. The monoisotopic (exact) mass is 592 g/mol. The number of carbonyl (C=O) groups excluding carboxylic acids is 2. The Labute approximate surface area is 257 Å². The second kappa shape index (κ2) is 25.6. The zero-order chi connectivity index (χ0) is 30.7. The molecular formula is C36H64O6. The van der Waals surface area contributed by atoms with Gasteiger partial charge in [0.1, 0.15) is 12.2 Å². The molecule has 0 spiro atoms. The fraction of sp³-hybridized carbons (Fsp3) is 0.861. The van der Waals surface area contributed by atoms with Crippen LogP contribution in [0.25, 0.3) is 0 Å². The highest BCUT2D eigenvalue weighted by molar-refractivity contribution is 5.89. The fourth-order valence-electron chi connectivity index (χ4n) is 5.92. The van der Waals surface area contributed by atoms with Crippen molar-refractivity contribution in [3.63, 3.8) is 0 Å². The Kier molecular flexibility index (Phi) is 23.3. The predicted octanol–water partition coefficient (Wildman–Crippen LogP) is 10.4. The van der Waals surface area contributed by atoms with Crippen LogP contribution in [-0.4, -0.2) is 35.2 Å². The minimum Gasteiger partial charge on any atom is -0.481 e. The predicted molar refractivity (Wildman–Crippen MR) is 172 cm³/mol. The van der Waals surface area contributed by atoms with Crippen molar-refractivity contribution in [2.75, 3.05) is 6.61 Å². The summed E-state index contributed by atoms with van der Waals surface area (Å²) in [4.78, 5) is 34.9. The van der Waals surface area contributed by atoms with Crippen LogP contribution in [0.15, 0.2) is 11.6 Å². The smallest absolute Gasteiger partial charge is 0.334 e. The Morgan fingerprint density at radius 2 is 1.19 bits per heavy atom. The molecule has 1 aliphatic heterocycles. The van der Waals surface area contributed by atoms with Crippen molar-refractivity contribution in [3.8, 4) is 0 Å². The van der Waals surface area contributed by atoms with Gasteiger partial charge in [-0.15, -0.1) is 0 Å². The molecule has 6 nitrogen and oxygen atoms in total. The SMILES string of the molecule is CCCCCCCCCCCCCCCCC1=CCC(CCCCCCCCCCCC(=O)O)(COC(C)=O)OC1=O. The van der Waals surface area contributed by atoms with Crippen molar-refractivity contribution >= 4 is 17.9 Å². The van der Waals surface area contributed by atoms with Gasteiger partial charge in [0.05, 0.1) is 0 Å². The second-order valence-corrected chi connectivity index (χ2v) is 12.7. The van der Waals surface area contributed by atoms with E-state index < -0.39 is 11.6 Å². The Hall–Kier alpha value is -1.85. The lowest BCUT2D eigenvalue weighted by Crippen LogP contribution is -2.43. The number of cyclic esters (lactones) is 1. The molecule has 1 rings (SSSR count). The number of carboxylic acids is 1. The van der Waals surface area contributed by atoms with Gasteiger partial charge < -0.3 is 14.6 Å². The first-order valence-electron chi connectivity index (χ1n) is 17.7. The summed E-state index contributed by atoms with van der Waals surface area (Å²) in [5.41, 5.74) is 0.0575. The molecule has 244 valence electrons. The summed E-state index contributed by atoms with van der Waals surface area (Å²) in [7, 11) is 0. The van der Waals surface area contributed by atoms with Gasteiger partial charge in [-0.2, -0.15) is 0 Å². The van der Waals surface area contributed by atoms with E-state index in [-0.39, 0.29) is 25.0 Å². The Balaban J connectivity index is 2.19. The molecule has 0 saturated carbocycles. The highest BCUT2D eigenvalue weighted by Gasteiger charge is 2.38. The zero-order valence-corrected chi connectivity index (χ0v) is 27.4. The minimum absolute atomic E-state index is 0.132. The second-order valence-electron chi connectivity index (χ2n) is 12.7. The Morgan fingerprint density at radius 1 is 0.738 bits per heavy atom. The normalized spacial score (nSPS) is 16.7. The summed E-state index contributed by atoms with van der Waals surface area (Å²) in [5.74, 6) is -1.28. The van der Waals surface area contributed by atoms with Gasteiger partial charge in [0.25, 0.3) is 0 Å². The third kappa shape index (κ3) is 20.9. The van der Waals surface area contributed by atoms with E-state index in [2.05, 4.69) is 6.92 Å². The van der Waals surface area contributed by atoms with E-state index in [1.165, 1.54) is 96.8 Å². The van der Waals surface area contributed by atoms with E-state index in [0.29, 0.717) is 12.8 Å². The number of unbranched alkanes of at least 4 members (excludes halogenated alkanes) is 21. The van der Waals surface area contributed by atoms with Crippen LogP contribution < -0.4 is 0 Å². The third-order valence-electron chi connectivity index (χ3n) is 8.65. The molecule has 0 bridgehead atoms. The Morgan fingerprint density at radius 3 is 1.64 bits per heavy atom. The number of carboxylic acid groups (broad SMARTS) is 1. The molecule has 0 aliphatic carbocycles. The molecule has 6 heteroatoms. The molecule has 0 fully saturated rings. The summed E-state index contributed by atoms with van der Waals surface area (Å²) in [6, 6.07) is 0. The molecule has 1 heterocycles. The number of aliphatic carboxylic acids is 1. The number of ether oxygens (including phenoxy) is 2. The molecule has 0 radical (unpaired) electrons. The average molecular weight is 593 g/mol.